The quantitative estimate of drug-likeness (QED) is 0.910. The Labute approximate surface area is 133 Å². The van der Waals surface area contributed by atoms with Crippen molar-refractivity contribution >= 4 is 17.5 Å². The lowest BCUT2D eigenvalue weighted by atomic mass is 9.64. The van der Waals surface area contributed by atoms with Gasteiger partial charge in [-0.1, -0.05) is 19.3 Å². The molecular formula is C17H20F2N2O2. The highest BCUT2D eigenvalue weighted by atomic mass is 19.1. The second-order valence-electron chi connectivity index (χ2n) is 6.67. The standard InChI is InChI=1S/C17H20F2N2O2/c1-16(19)13(14(20)22)21(12-7-5-11(18)6-8-12)15(23)17(16)9-3-2-4-10-17/h5-8,13H,2-4,9-10H2,1H3,(H2,20,22). The van der Waals surface area contributed by atoms with Crippen LogP contribution in [-0.4, -0.2) is 23.5 Å². The molecule has 1 aromatic carbocycles. The summed E-state index contributed by atoms with van der Waals surface area (Å²) < 4.78 is 28.9. The van der Waals surface area contributed by atoms with Gasteiger partial charge in [0.15, 0.2) is 5.67 Å². The molecule has 0 radical (unpaired) electrons. The predicted octanol–water partition coefficient (Wildman–Crippen LogP) is 2.70. The summed E-state index contributed by atoms with van der Waals surface area (Å²) in [5.41, 5.74) is 2.46. The third-order valence-corrected chi connectivity index (χ3v) is 5.42. The topological polar surface area (TPSA) is 63.4 Å². The fourth-order valence-electron chi connectivity index (χ4n) is 4.18. The molecule has 2 aliphatic rings. The van der Waals surface area contributed by atoms with Crippen LogP contribution < -0.4 is 10.6 Å². The van der Waals surface area contributed by atoms with Crippen LogP contribution in [0.25, 0.3) is 0 Å². The van der Waals surface area contributed by atoms with Crippen LogP contribution >= 0.6 is 0 Å². The molecule has 1 heterocycles. The van der Waals surface area contributed by atoms with Crippen molar-refractivity contribution in [3.63, 3.8) is 0 Å². The number of rotatable bonds is 2. The molecule has 4 nitrogen and oxygen atoms in total. The number of nitrogens with zero attached hydrogens (tertiary/aromatic N) is 1. The highest BCUT2D eigenvalue weighted by Crippen LogP contribution is 2.56. The molecule has 1 spiro atoms. The van der Waals surface area contributed by atoms with E-state index in [1.165, 1.54) is 31.2 Å². The first-order valence-corrected chi connectivity index (χ1v) is 7.89. The van der Waals surface area contributed by atoms with Gasteiger partial charge in [0.2, 0.25) is 11.8 Å². The fraction of sp³-hybridized carbons (Fsp3) is 0.529. The first kappa shape index (κ1) is 15.9. The normalized spacial score (nSPS) is 30.0. The summed E-state index contributed by atoms with van der Waals surface area (Å²) in [6, 6.07) is 3.74. The number of primary amides is 1. The van der Waals surface area contributed by atoms with Gasteiger partial charge >= 0.3 is 0 Å². The largest absolute Gasteiger partial charge is 0.368 e. The summed E-state index contributed by atoms with van der Waals surface area (Å²) in [6.45, 7) is 1.30. The van der Waals surface area contributed by atoms with Gasteiger partial charge in [0.05, 0.1) is 5.41 Å². The Kier molecular flexibility index (Phi) is 3.65. The van der Waals surface area contributed by atoms with E-state index in [1.54, 1.807) is 0 Å². The van der Waals surface area contributed by atoms with Gasteiger partial charge in [0.1, 0.15) is 11.9 Å². The van der Waals surface area contributed by atoms with Crippen molar-refractivity contribution in [2.75, 3.05) is 4.90 Å². The first-order valence-electron chi connectivity index (χ1n) is 7.89. The van der Waals surface area contributed by atoms with E-state index in [4.69, 9.17) is 5.73 Å². The van der Waals surface area contributed by atoms with Crippen molar-refractivity contribution in [3.05, 3.63) is 30.1 Å². The maximum atomic E-state index is 15.7. The minimum atomic E-state index is -2.05. The van der Waals surface area contributed by atoms with E-state index in [0.29, 0.717) is 18.5 Å². The molecule has 1 aliphatic carbocycles. The van der Waals surface area contributed by atoms with Crippen molar-refractivity contribution in [3.8, 4) is 0 Å². The summed E-state index contributed by atoms with van der Waals surface area (Å²) in [6.07, 6.45) is 3.24. The Morgan fingerprint density at radius 3 is 2.30 bits per heavy atom. The molecule has 23 heavy (non-hydrogen) atoms. The van der Waals surface area contributed by atoms with Gasteiger partial charge in [-0.25, -0.2) is 8.78 Å². The maximum absolute atomic E-state index is 15.7. The van der Waals surface area contributed by atoms with Crippen molar-refractivity contribution in [1.82, 2.24) is 0 Å². The Bertz CT molecular complexity index is 636. The van der Waals surface area contributed by atoms with E-state index in [9.17, 15) is 14.0 Å². The lowest BCUT2D eigenvalue weighted by Gasteiger charge is -2.39. The minimum absolute atomic E-state index is 0.298. The van der Waals surface area contributed by atoms with Gasteiger partial charge in [0.25, 0.3) is 0 Å². The van der Waals surface area contributed by atoms with E-state index in [2.05, 4.69) is 0 Å². The number of alkyl halides is 1. The molecule has 1 saturated heterocycles. The molecule has 1 aromatic rings. The minimum Gasteiger partial charge on any atom is -0.368 e. The Balaban J connectivity index is 2.12. The predicted molar refractivity (Wildman–Crippen MR) is 81.9 cm³/mol. The number of benzene rings is 1. The molecule has 124 valence electrons. The number of hydrogen-bond acceptors (Lipinski definition) is 2. The summed E-state index contributed by atoms with van der Waals surface area (Å²) in [5.74, 6) is -1.76. The Morgan fingerprint density at radius 1 is 1.22 bits per heavy atom. The zero-order chi connectivity index (χ0) is 16.8. The number of hydrogen-bond donors (Lipinski definition) is 1. The molecule has 2 unspecified atom stereocenters. The summed E-state index contributed by atoms with van der Waals surface area (Å²) in [5, 5.41) is 0. The van der Waals surface area contributed by atoms with Gasteiger partial charge in [0, 0.05) is 5.69 Å². The third kappa shape index (κ3) is 2.15. The molecule has 0 aromatic heterocycles. The lowest BCUT2D eigenvalue weighted by molar-refractivity contribution is -0.134. The number of anilines is 1. The lowest BCUT2D eigenvalue weighted by Crippen LogP contribution is -2.53. The average molecular weight is 322 g/mol. The summed E-state index contributed by atoms with van der Waals surface area (Å²) >= 11 is 0. The molecule has 6 heteroatoms. The van der Waals surface area contributed by atoms with E-state index in [0.717, 1.165) is 24.2 Å². The van der Waals surface area contributed by atoms with E-state index >= 15 is 4.39 Å². The van der Waals surface area contributed by atoms with Crippen LogP contribution in [0.4, 0.5) is 14.5 Å². The van der Waals surface area contributed by atoms with E-state index in [-0.39, 0.29) is 0 Å². The van der Waals surface area contributed by atoms with Crippen molar-refractivity contribution in [1.29, 1.82) is 0 Å². The van der Waals surface area contributed by atoms with Crippen molar-refractivity contribution in [2.45, 2.75) is 50.7 Å². The number of carbonyl (C=O) groups is 2. The molecule has 2 atom stereocenters. The monoisotopic (exact) mass is 322 g/mol. The average Bonchev–Trinajstić information content (AvgIpc) is 2.67. The van der Waals surface area contributed by atoms with E-state index < -0.39 is 34.8 Å². The molecule has 3 rings (SSSR count). The van der Waals surface area contributed by atoms with E-state index in [1.807, 2.05) is 0 Å². The van der Waals surface area contributed by atoms with Gasteiger partial charge < -0.3 is 5.73 Å². The molecule has 2 N–H and O–H groups in total. The second-order valence-corrected chi connectivity index (χ2v) is 6.67. The number of nitrogens with two attached hydrogens (primary N) is 1. The van der Waals surface area contributed by atoms with Crippen molar-refractivity contribution in [2.24, 2.45) is 11.1 Å². The van der Waals surface area contributed by atoms with Crippen LogP contribution in [0.2, 0.25) is 0 Å². The molecular weight excluding hydrogens is 302 g/mol. The smallest absolute Gasteiger partial charge is 0.243 e. The van der Waals surface area contributed by atoms with Crippen LogP contribution in [-0.2, 0) is 9.59 Å². The van der Waals surface area contributed by atoms with Crippen LogP contribution in [0.5, 0.6) is 0 Å². The zero-order valence-corrected chi connectivity index (χ0v) is 13.0. The maximum Gasteiger partial charge on any atom is 0.243 e. The van der Waals surface area contributed by atoms with Gasteiger partial charge in [-0.2, -0.15) is 0 Å². The molecule has 2 amide bonds. The fourth-order valence-corrected chi connectivity index (χ4v) is 4.18. The first-order chi connectivity index (χ1) is 10.8. The number of carbonyl (C=O) groups excluding carboxylic acids is 2. The number of halogens is 2. The van der Waals surface area contributed by atoms with Gasteiger partial charge in [-0.3, -0.25) is 14.5 Å². The Morgan fingerprint density at radius 2 is 1.78 bits per heavy atom. The Hall–Kier alpha value is -1.98. The molecule has 2 fully saturated rings. The molecule has 1 aliphatic heterocycles. The third-order valence-electron chi connectivity index (χ3n) is 5.42. The summed E-state index contributed by atoms with van der Waals surface area (Å²) in [7, 11) is 0. The van der Waals surface area contributed by atoms with Gasteiger partial charge in [-0.05, 0) is 44.0 Å². The van der Waals surface area contributed by atoms with Crippen LogP contribution in [0.15, 0.2) is 24.3 Å². The highest BCUT2D eigenvalue weighted by Gasteiger charge is 2.69. The number of amides is 2. The van der Waals surface area contributed by atoms with Crippen LogP contribution in [0, 0.1) is 11.2 Å². The molecule has 0 bridgehead atoms. The SMILES string of the molecule is CC1(F)C(C(N)=O)N(c2ccc(F)cc2)C(=O)C12CCCCC2. The molecule has 1 saturated carbocycles. The van der Waals surface area contributed by atoms with Gasteiger partial charge in [-0.15, -0.1) is 0 Å². The summed E-state index contributed by atoms with van der Waals surface area (Å²) in [4.78, 5) is 26.2. The van der Waals surface area contributed by atoms with Crippen LogP contribution in [0.3, 0.4) is 0 Å². The van der Waals surface area contributed by atoms with Crippen LogP contribution in [0.1, 0.15) is 39.0 Å². The highest BCUT2D eigenvalue weighted by molar-refractivity contribution is 6.08. The second kappa shape index (κ2) is 5.28. The zero-order valence-electron chi connectivity index (χ0n) is 13.0. The van der Waals surface area contributed by atoms with Crippen molar-refractivity contribution < 1.29 is 18.4 Å².